The van der Waals surface area contributed by atoms with Crippen LogP contribution in [0.25, 0.3) is 22.2 Å². The highest BCUT2D eigenvalue weighted by molar-refractivity contribution is 6.39. The number of urea groups is 1. The van der Waals surface area contributed by atoms with Gasteiger partial charge < -0.3 is 30.5 Å². The maximum Gasteiger partial charge on any atom is 0.407 e. The number of aromatic nitrogens is 3. The van der Waals surface area contributed by atoms with Gasteiger partial charge in [-0.15, -0.1) is 0 Å². The standard InChI is InChI=1S/C29H39Cl2N9O3/c1-29(2,3)43-28(42)34-11-10-33-27(41)38-25-20(23-21(30)7-5-8-22(23)31)17-19-18-35-26(37-24(19)36-25)32-9-6-12-40-15-13-39(4)14-16-40/h5,7-8,17-18H,6,9-16H2,1-4H3,(H,34,42)(H3,32,33,35,36,37,38,41)/p+2. The van der Waals surface area contributed by atoms with Gasteiger partial charge in [0.05, 0.1) is 23.6 Å². The Morgan fingerprint density at radius 2 is 1.70 bits per heavy atom. The first-order valence-corrected chi connectivity index (χ1v) is 15.3. The van der Waals surface area contributed by atoms with E-state index >= 15 is 0 Å². The lowest BCUT2D eigenvalue weighted by Crippen LogP contribution is -3.27. The van der Waals surface area contributed by atoms with E-state index in [4.69, 9.17) is 27.9 Å². The molecular weight excluding hydrogens is 593 g/mol. The van der Waals surface area contributed by atoms with Crippen LogP contribution in [-0.2, 0) is 4.74 Å². The Hall–Kier alpha value is -3.45. The van der Waals surface area contributed by atoms with Crippen molar-refractivity contribution in [1.82, 2.24) is 25.6 Å². The highest BCUT2D eigenvalue weighted by Crippen LogP contribution is 2.39. The van der Waals surface area contributed by atoms with Gasteiger partial charge in [0.15, 0.2) is 5.65 Å². The number of rotatable bonds is 10. The summed E-state index contributed by atoms with van der Waals surface area (Å²) >= 11 is 13.0. The summed E-state index contributed by atoms with van der Waals surface area (Å²) < 4.78 is 5.21. The van der Waals surface area contributed by atoms with Crippen LogP contribution in [0.5, 0.6) is 0 Å². The Bertz CT molecular complexity index is 1410. The molecule has 1 aromatic carbocycles. The number of halogens is 2. The van der Waals surface area contributed by atoms with Gasteiger partial charge in [0, 0.05) is 48.8 Å². The summed E-state index contributed by atoms with van der Waals surface area (Å²) in [5, 5.41) is 12.9. The summed E-state index contributed by atoms with van der Waals surface area (Å²) in [7, 11) is 2.25. The average molecular weight is 635 g/mol. The monoisotopic (exact) mass is 633 g/mol. The normalized spacial score (nSPS) is 16.9. The molecule has 0 saturated carbocycles. The fourth-order valence-electron chi connectivity index (χ4n) is 4.72. The van der Waals surface area contributed by atoms with Crippen LogP contribution in [0, 0.1) is 0 Å². The molecule has 232 valence electrons. The van der Waals surface area contributed by atoms with Crippen LogP contribution in [0.3, 0.4) is 0 Å². The number of ether oxygens (including phenoxy) is 1. The Morgan fingerprint density at radius 1 is 1.00 bits per heavy atom. The number of benzene rings is 1. The molecular formula is C29H41Cl2N9O3+2. The molecule has 1 fully saturated rings. The molecule has 1 aliphatic rings. The second-order valence-corrected chi connectivity index (χ2v) is 12.4. The maximum atomic E-state index is 12.8. The number of carbonyl (C=O) groups is 2. The number of hydrogen-bond acceptors (Lipinski definition) is 7. The van der Waals surface area contributed by atoms with Crippen molar-refractivity contribution in [3.8, 4) is 11.1 Å². The molecule has 6 N–H and O–H groups in total. The molecule has 1 saturated heterocycles. The topological polar surface area (TPSA) is 139 Å². The lowest BCUT2D eigenvalue weighted by Gasteiger charge is -2.27. The Kier molecular flexibility index (Phi) is 11.2. The van der Waals surface area contributed by atoms with E-state index in [0.717, 1.165) is 19.5 Å². The fourth-order valence-corrected chi connectivity index (χ4v) is 5.32. The highest BCUT2D eigenvalue weighted by Gasteiger charge is 2.20. The van der Waals surface area contributed by atoms with Gasteiger partial charge in [-0.3, -0.25) is 5.32 Å². The Balaban J connectivity index is 1.45. The van der Waals surface area contributed by atoms with Crippen molar-refractivity contribution in [1.29, 1.82) is 0 Å². The molecule has 1 aliphatic heterocycles. The molecule has 0 unspecified atom stereocenters. The minimum absolute atomic E-state index is 0.161. The Morgan fingerprint density at radius 3 is 2.40 bits per heavy atom. The smallest absolute Gasteiger partial charge is 0.407 e. The lowest BCUT2D eigenvalue weighted by molar-refractivity contribution is -1.00. The van der Waals surface area contributed by atoms with Gasteiger partial charge in [-0.05, 0) is 39.0 Å². The summed E-state index contributed by atoms with van der Waals surface area (Å²) in [6, 6.07) is 6.45. The summed E-state index contributed by atoms with van der Waals surface area (Å²) in [4.78, 5) is 41.7. The summed E-state index contributed by atoms with van der Waals surface area (Å²) in [5.74, 6) is 0.690. The SMILES string of the molecule is C[NH+]1CC[NH+](CCCNc2ncc3cc(-c4c(Cl)cccc4Cl)c(NC(=O)NCCNC(=O)OC(C)(C)C)nc3n2)CC1. The third kappa shape index (κ3) is 9.78. The van der Waals surface area contributed by atoms with Gasteiger partial charge >= 0.3 is 12.1 Å². The Labute approximate surface area is 261 Å². The van der Waals surface area contributed by atoms with E-state index in [1.54, 1.807) is 61.0 Å². The molecule has 4 rings (SSSR count). The number of quaternary nitrogens is 2. The molecule has 3 aromatic rings. The van der Waals surface area contributed by atoms with Crippen molar-refractivity contribution >= 4 is 58.1 Å². The zero-order valence-corrected chi connectivity index (χ0v) is 26.6. The number of fused-ring (bicyclic) bond motifs is 1. The second kappa shape index (κ2) is 14.8. The number of piperazine rings is 1. The minimum atomic E-state index is -0.613. The van der Waals surface area contributed by atoms with Gasteiger partial charge in [0.1, 0.15) is 37.6 Å². The number of likely N-dealkylation sites (N-methyl/N-ethyl adjacent to an activating group) is 1. The zero-order chi connectivity index (χ0) is 31.0. The second-order valence-electron chi connectivity index (χ2n) is 11.6. The number of pyridine rings is 1. The van der Waals surface area contributed by atoms with Crippen LogP contribution in [0.1, 0.15) is 27.2 Å². The van der Waals surface area contributed by atoms with Crippen LogP contribution < -0.4 is 31.1 Å². The number of nitrogens with one attached hydrogen (secondary N) is 6. The van der Waals surface area contributed by atoms with Crippen molar-refractivity contribution < 1.29 is 24.1 Å². The van der Waals surface area contributed by atoms with Crippen LogP contribution >= 0.6 is 23.2 Å². The molecule has 12 nitrogen and oxygen atoms in total. The molecule has 3 heterocycles. The summed E-state index contributed by atoms with van der Waals surface area (Å²) in [6.07, 6.45) is 2.13. The van der Waals surface area contributed by atoms with Gasteiger partial charge in [-0.2, -0.15) is 4.98 Å². The third-order valence-electron chi connectivity index (χ3n) is 6.91. The van der Waals surface area contributed by atoms with Gasteiger partial charge in [-0.25, -0.2) is 19.6 Å². The molecule has 0 radical (unpaired) electrons. The van der Waals surface area contributed by atoms with Crippen LogP contribution in [0.4, 0.5) is 21.4 Å². The molecule has 14 heteroatoms. The van der Waals surface area contributed by atoms with Crippen molar-refractivity contribution in [2.24, 2.45) is 0 Å². The zero-order valence-electron chi connectivity index (χ0n) is 25.1. The van der Waals surface area contributed by atoms with Crippen molar-refractivity contribution in [3.63, 3.8) is 0 Å². The van der Waals surface area contributed by atoms with Gasteiger partial charge in [0.25, 0.3) is 0 Å². The van der Waals surface area contributed by atoms with E-state index < -0.39 is 17.7 Å². The first-order chi connectivity index (χ1) is 20.5. The summed E-state index contributed by atoms with van der Waals surface area (Å²) in [6.45, 7) is 12.3. The van der Waals surface area contributed by atoms with Crippen LogP contribution in [0.15, 0.2) is 30.5 Å². The number of alkyl carbamates (subject to hydrolysis) is 1. The van der Waals surface area contributed by atoms with Gasteiger partial charge in [-0.1, -0.05) is 29.3 Å². The van der Waals surface area contributed by atoms with Gasteiger partial charge in [0.2, 0.25) is 5.95 Å². The predicted molar refractivity (Wildman–Crippen MR) is 169 cm³/mol. The molecule has 0 atom stereocenters. The van der Waals surface area contributed by atoms with E-state index in [0.29, 0.717) is 38.2 Å². The lowest BCUT2D eigenvalue weighted by atomic mass is 10.0. The number of anilines is 2. The molecule has 2 aromatic heterocycles. The number of carbonyl (C=O) groups excluding carboxylic acids is 2. The maximum absolute atomic E-state index is 12.8. The van der Waals surface area contributed by atoms with E-state index in [1.165, 1.54) is 26.2 Å². The molecule has 0 spiro atoms. The van der Waals surface area contributed by atoms with Crippen LogP contribution in [-0.4, -0.2) is 92.1 Å². The van der Waals surface area contributed by atoms with E-state index in [9.17, 15) is 9.59 Å². The first kappa shape index (κ1) is 32.5. The third-order valence-corrected chi connectivity index (χ3v) is 7.54. The fraction of sp³-hybridized carbons (Fsp3) is 0.483. The van der Waals surface area contributed by atoms with Crippen LogP contribution in [0.2, 0.25) is 10.0 Å². The predicted octanol–water partition coefficient (Wildman–Crippen LogP) is 1.86. The average Bonchev–Trinajstić information content (AvgIpc) is 2.93. The quantitative estimate of drug-likeness (QED) is 0.187. The molecule has 3 amide bonds. The summed E-state index contributed by atoms with van der Waals surface area (Å²) in [5.41, 5.74) is 0.834. The highest BCUT2D eigenvalue weighted by atomic mass is 35.5. The van der Waals surface area contributed by atoms with Crippen molar-refractivity contribution in [3.05, 3.63) is 40.5 Å². The van der Waals surface area contributed by atoms with E-state index in [-0.39, 0.29) is 18.9 Å². The minimum Gasteiger partial charge on any atom is -0.444 e. The number of amides is 3. The largest absolute Gasteiger partial charge is 0.444 e. The molecule has 0 aliphatic carbocycles. The van der Waals surface area contributed by atoms with E-state index in [2.05, 4.69) is 43.3 Å². The van der Waals surface area contributed by atoms with Crippen molar-refractivity contribution in [2.75, 3.05) is 70.0 Å². The number of hydrogen-bond donors (Lipinski definition) is 6. The molecule has 43 heavy (non-hydrogen) atoms. The molecule has 0 bridgehead atoms. The first-order valence-electron chi connectivity index (χ1n) is 14.5. The van der Waals surface area contributed by atoms with E-state index in [1.807, 2.05) is 0 Å². The number of nitrogens with zero attached hydrogens (tertiary/aromatic N) is 3. The van der Waals surface area contributed by atoms with Crippen molar-refractivity contribution in [2.45, 2.75) is 32.8 Å².